The molecule has 2 aromatic rings. The van der Waals surface area contributed by atoms with E-state index in [-0.39, 0.29) is 0 Å². The first-order valence-electron chi connectivity index (χ1n) is 7.64. The van der Waals surface area contributed by atoms with Crippen molar-refractivity contribution in [2.75, 3.05) is 30.9 Å². The number of carbonyl (C=O) groups is 2. The molecule has 10 heteroatoms. The van der Waals surface area contributed by atoms with E-state index in [1.165, 1.54) is 0 Å². The number of hydrogen-bond acceptors (Lipinski definition) is 6. The zero-order valence-electron chi connectivity index (χ0n) is 14.6. The van der Waals surface area contributed by atoms with Crippen LogP contribution in [0.3, 0.4) is 0 Å². The number of nitrogens with one attached hydrogen (secondary N) is 1. The van der Waals surface area contributed by atoms with Gasteiger partial charge in [0.1, 0.15) is 5.82 Å². The van der Waals surface area contributed by atoms with E-state index in [4.69, 9.17) is 9.88 Å². The summed E-state index contributed by atoms with van der Waals surface area (Å²) in [6, 6.07) is 9.37. The Hall–Kier alpha value is -2.98. The van der Waals surface area contributed by atoms with Crippen LogP contribution in [0.15, 0.2) is 47.4 Å². The van der Waals surface area contributed by atoms with E-state index in [2.05, 4.69) is 5.32 Å². The van der Waals surface area contributed by atoms with Crippen molar-refractivity contribution in [2.45, 2.75) is 4.90 Å². The lowest BCUT2D eigenvalue weighted by atomic mass is 10.2. The minimum absolute atomic E-state index is 0.443. The van der Waals surface area contributed by atoms with Crippen LogP contribution in [0.2, 0.25) is 0 Å². The third-order valence-corrected chi connectivity index (χ3v) is 4.40. The number of ether oxygens (including phenoxy) is 1. The maximum absolute atomic E-state index is 13.7. The Morgan fingerprint density at radius 3 is 2.33 bits per heavy atom. The number of sulfonamides is 1. The highest BCUT2D eigenvalue weighted by Crippen LogP contribution is 2.17. The molecule has 144 valence electrons. The van der Waals surface area contributed by atoms with Gasteiger partial charge in [0.15, 0.2) is 6.61 Å². The lowest BCUT2D eigenvalue weighted by Crippen LogP contribution is -2.22. The number of rotatable bonds is 6. The molecule has 0 atom stereocenters. The first kappa shape index (κ1) is 20.3. The highest BCUT2D eigenvalue weighted by Gasteiger charge is 2.19. The second kappa shape index (κ2) is 8.14. The van der Waals surface area contributed by atoms with Crippen LogP contribution in [0, 0.1) is 5.82 Å². The summed E-state index contributed by atoms with van der Waals surface area (Å²) < 4.78 is 41.1. The largest absolute Gasteiger partial charge is 0.452 e. The molecular formula is C17H18FN3O5S. The summed E-state index contributed by atoms with van der Waals surface area (Å²) in [5, 5.41) is 7.46. The van der Waals surface area contributed by atoms with Crippen LogP contribution in [0.1, 0.15) is 10.4 Å². The molecule has 0 aromatic heterocycles. The van der Waals surface area contributed by atoms with Crippen molar-refractivity contribution in [3.05, 3.63) is 53.8 Å². The number of nitrogens with two attached hydrogens (primary N) is 1. The fourth-order valence-corrected chi connectivity index (χ4v) is 2.63. The van der Waals surface area contributed by atoms with Crippen molar-refractivity contribution >= 4 is 33.3 Å². The van der Waals surface area contributed by atoms with Gasteiger partial charge in [-0.15, -0.1) is 0 Å². The van der Waals surface area contributed by atoms with Crippen molar-refractivity contribution in [2.24, 2.45) is 5.14 Å². The van der Waals surface area contributed by atoms with Gasteiger partial charge in [-0.1, -0.05) is 0 Å². The summed E-state index contributed by atoms with van der Waals surface area (Å²) in [6.07, 6.45) is 0. The standard InChI is InChI=1S/C17H18FN3O5S/c1-21(2)12-5-3-11(4-6-12)20-16(22)10-26-17(23)14-9-13(27(19,24)25)7-8-15(14)18/h3-9H,10H2,1-2H3,(H,20,22)(H2,19,24,25). The summed E-state index contributed by atoms with van der Waals surface area (Å²) in [5.41, 5.74) is 0.790. The molecule has 0 radical (unpaired) electrons. The van der Waals surface area contributed by atoms with E-state index in [1.807, 2.05) is 19.0 Å². The number of hydrogen-bond donors (Lipinski definition) is 2. The lowest BCUT2D eigenvalue weighted by molar-refractivity contribution is -0.119. The monoisotopic (exact) mass is 395 g/mol. The zero-order chi connectivity index (χ0) is 20.2. The van der Waals surface area contributed by atoms with Gasteiger partial charge in [-0.2, -0.15) is 0 Å². The average molecular weight is 395 g/mol. The van der Waals surface area contributed by atoms with Crippen molar-refractivity contribution in [1.29, 1.82) is 0 Å². The summed E-state index contributed by atoms with van der Waals surface area (Å²) in [7, 11) is -0.370. The first-order valence-corrected chi connectivity index (χ1v) is 9.19. The van der Waals surface area contributed by atoms with Crippen LogP contribution < -0.4 is 15.4 Å². The lowest BCUT2D eigenvalue weighted by Gasteiger charge is -2.13. The van der Waals surface area contributed by atoms with Gasteiger partial charge in [0, 0.05) is 25.5 Å². The molecule has 0 saturated heterocycles. The van der Waals surface area contributed by atoms with Crippen LogP contribution in [-0.4, -0.2) is 41.0 Å². The predicted octanol–water partition coefficient (Wildman–Crippen LogP) is 1.33. The highest BCUT2D eigenvalue weighted by atomic mass is 32.2. The third-order valence-electron chi connectivity index (χ3n) is 3.49. The molecule has 0 aliphatic heterocycles. The first-order chi connectivity index (χ1) is 12.6. The Balaban J connectivity index is 2.00. The number of carbonyl (C=O) groups excluding carboxylic acids is 2. The quantitative estimate of drug-likeness (QED) is 0.713. The Morgan fingerprint density at radius 2 is 1.78 bits per heavy atom. The summed E-state index contributed by atoms with van der Waals surface area (Å²) in [5.74, 6) is -2.81. The highest BCUT2D eigenvalue weighted by molar-refractivity contribution is 7.89. The molecule has 1 amide bonds. The van der Waals surface area contributed by atoms with Crippen molar-refractivity contribution in [3.8, 4) is 0 Å². The fraction of sp³-hybridized carbons (Fsp3) is 0.176. The number of benzene rings is 2. The molecule has 27 heavy (non-hydrogen) atoms. The van der Waals surface area contributed by atoms with Crippen molar-refractivity contribution < 1.29 is 27.1 Å². The fourth-order valence-electron chi connectivity index (χ4n) is 2.09. The van der Waals surface area contributed by atoms with Crippen LogP contribution in [0.4, 0.5) is 15.8 Å². The molecule has 0 heterocycles. The van der Waals surface area contributed by atoms with Crippen LogP contribution >= 0.6 is 0 Å². The number of nitrogens with zero attached hydrogens (tertiary/aromatic N) is 1. The van der Waals surface area contributed by atoms with E-state index in [9.17, 15) is 22.4 Å². The maximum Gasteiger partial charge on any atom is 0.341 e. The molecule has 0 saturated carbocycles. The second-order valence-electron chi connectivity index (χ2n) is 5.75. The van der Waals surface area contributed by atoms with E-state index in [1.54, 1.807) is 24.3 Å². The summed E-state index contributed by atoms with van der Waals surface area (Å²) in [6.45, 7) is -0.673. The minimum atomic E-state index is -4.11. The molecule has 2 rings (SSSR count). The van der Waals surface area contributed by atoms with Crippen molar-refractivity contribution in [1.82, 2.24) is 0 Å². The van der Waals surface area contributed by atoms with Gasteiger partial charge in [0.05, 0.1) is 10.5 Å². The van der Waals surface area contributed by atoms with Crippen molar-refractivity contribution in [3.63, 3.8) is 0 Å². The zero-order valence-corrected chi connectivity index (χ0v) is 15.4. The van der Waals surface area contributed by atoms with E-state index in [0.717, 1.165) is 23.9 Å². The molecular weight excluding hydrogens is 377 g/mol. The van der Waals surface area contributed by atoms with Gasteiger partial charge < -0.3 is 15.0 Å². The number of anilines is 2. The molecule has 2 aromatic carbocycles. The Labute approximate surface area is 155 Å². The van der Waals surface area contributed by atoms with Crippen LogP contribution in [-0.2, 0) is 19.6 Å². The molecule has 0 spiro atoms. The number of amides is 1. The minimum Gasteiger partial charge on any atom is -0.452 e. The van der Waals surface area contributed by atoms with E-state index < -0.39 is 44.8 Å². The average Bonchev–Trinajstić information content (AvgIpc) is 2.59. The maximum atomic E-state index is 13.7. The Bertz CT molecular complexity index is 959. The summed E-state index contributed by atoms with van der Waals surface area (Å²) >= 11 is 0. The molecule has 0 unspecified atom stereocenters. The number of primary sulfonamides is 1. The molecule has 8 nitrogen and oxygen atoms in total. The van der Waals surface area contributed by atoms with Gasteiger partial charge >= 0.3 is 5.97 Å². The molecule has 0 fully saturated rings. The molecule has 0 aliphatic carbocycles. The number of esters is 1. The van der Waals surface area contributed by atoms with E-state index in [0.29, 0.717) is 5.69 Å². The third kappa shape index (κ3) is 5.50. The van der Waals surface area contributed by atoms with Crippen LogP contribution in [0.5, 0.6) is 0 Å². The Kier molecular flexibility index (Phi) is 6.13. The second-order valence-corrected chi connectivity index (χ2v) is 7.31. The molecule has 3 N–H and O–H groups in total. The van der Waals surface area contributed by atoms with Crippen LogP contribution in [0.25, 0.3) is 0 Å². The summed E-state index contributed by atoms with van der Waals surface area (Å²) in [4.78, 5) is 25.3. The Morgan fingerprint density at radius 1 is 1.15 bits per heavy atom. The van der Waals surface area contributed by atoms with Gasteiger partial charge in [-0.25, -0.2) is 22.7 Å². The SMILES string of the molecule is CN(C)c1ccc(NC(=O)COC(=O)c2cc(S(N)(=O)=O)ccc2F)cc1. The smallest absolute Gasteiger partial charge is 0.341 e. The predicted molar refractivity (Wildman–Crippen MR) is 97.5 cm³/mol. The van der Waals surface area contributed by atoms with Gasteiger partial charge in [-0.3, -0.25) is 4.79 Å². The van der Waals surface area contributed by atoms with Gasteiger partial charge in [0.25, 0.3) is 5.91 Å². The normalized spacial score (nSPS) is 11.0. The van der Waals surface area contributed by atoms with E-state index >= 15 is 0 Å². The molecule has 0 bridgehead atoms. The topological polar surface area (TPSA) is 119 Å². The van der Waals surface area contributed by atoms with Gasteiger partial charge in [-0.05, 0) is 42.5 Å². The number of halogens is 1. The van der Waals surface area contributed by atoms with Gasteiger partial charge in [0.2, 0.25) is 10.0 Å². The molecule has 0 aliphatic rings.